The maximum absolute atomic E-state index is 4.90. The molecule has 2 fully saturated rings. The van der Waals surface area contributed by atoms with Gasteiger partial charge < -0.3 is 9.47 Å². The number of aryl methyl sites for hydroxylation is 2. The molecule has 2 aromatic heterocycles. The third-order valence-electron chi connectivity index (χ3n) is 6.65. The lowest BCUT2D eigenvalue weighted by atomic mass is 9.92. The molecule has 0 aromatic carbocycles. The first-order valence-corrected chi connectivity index (χ1v) is 10.8. The zero-order chi connectivity index (χ0) is 19.3. The predicted octanol–water partition coefficient (Wildman–Crippen LogP) is 2.88. The highest BCUT2D eigenvalue weighted by Crippen LogP contribution is 2.34. The molecule has 2 saturated heterocycles. The van der Waals surface area contributed by atoms with E-state index in [0.717, 1.165) is 55.9 Å². The lowest BCUT2D eigenvalue weighted by Gasteiger charge is -2.24. The number of nitrogens with zero attached hydrogens (tertiary/aromatic N) is 6. The van der Waals surface area contributed by atoms with E-state index in [0.29, 0.717) is 0 Å². The fraction of sp³-hybridized carbons (Fsp3) is 0.682. The minimum Gasteiger partial charge on any atom is -0.356 e. The number of hydrogen-bond acceptors (Lipinski definition) is 5. The van der Waals surface area contributed by atoms with E-state index in [1.807, 2.05) is 0 Å². The zero-order valence-electron chi connectivity index (χ0n) is 17.4. The first kappa shape index (κ1) is 18.1. The Morgan fingerprint density at radius 3 is 2.54 bits per heavy atom. The van der Waals surface area contributed by atoms with Gasteiger partial charge in [0.25, 0.3) is 0 Å². The molecule has 28 heavy (non-hydrogen) atoms. The van der Waals surface area contributed by atoms with Gasteiger partial charge in [-0.2, -0.15) is 0 Å². The smallest absolute Gasteiger partial charge is 0.132 e. The van der Waals surface area contributed by atoms with Crippen LogP contribution < -0.4 is 4.90 Å². The summed E-state index contributed by atoms with van der Waals surface area (Å²) in [6, 6.07) is 2.19. The molecular weight excluding hydrogens is 348 g/mol. The van der Waals surface area contributed by atoms with Crippen molar-refractivity contribution in [2.75, 3.05) is 31.1 Å². The summed E-state index contributed by atoms with van der Waals surface area (Å²) in [4.78, 5) is 19.0. The van der Waals surface area contributed by atoms with Crippen LogP contribution >= 0.6 is 0 Å². The summed E-state index contributed by atoms with van der Waals surface area (Å²) < 4.78 is 2.37. The molecule has 5 rings (SSSR count). The number of hydrogen-bond donors (Lipinski definition) is 0. The average Bonchev–Trinajstić information content (AvgIpc) is 3.33. The van der Waals surface area contributed by atoms with Gasteiger partial charge in [0.1, 0.15) is 18.0 Å². The van der Waals surface area contributed by atoms with Gasteiger partial charge in [-0.05, 0) is 24.7 Å². The Bertz CT molecular complexity index is 813. The topological polar surface area (TPSA) is 50.1 Å². The van der Waals surface area contributed by atoms with Crippen LogP contribution in [-0.4, -0.2) is 50.6 Å². The molecule has 3 aliphatic rings. The van der Waals surface area contributed by atoms with E-state index in [9.17, 15) is 0 Å². The Kier molecular flexibility index (Phi) is 4.42. The average molecular weight is 381 g/mol. The molecule has 3 aliphatic heterocycles. The van der Waals surface area contributed by atoms with Crippen LogP contribution in [0.2, 0.25) is 0 Å². The molecule has 2 aromatic rings. The fourth-order valence-electron chi connectivity index (χ4n) is 5.11. The highest BCUT2D eigenvalue weighted by atomic mass is 15.3. The lowest BCUT2D eigenvalue weighted by molar-refractivity contribution is 0.305. The van der Waals surface area contributed by atoms with Crippen molar-refractivity contribution in [2.45, 2.75) is 58.5 Å². The van der Waals surface area contributed by atoms with Gasteiger partial charge in [-0.15, -0.1) is 0 Å². The van der Waals surface area contributed by atoms with E-state index < -0.39 is 0 Å². The number of fused-ring (bicyclic) bond motifs is 2. The van der Waals surface area contributed by atoms with Gasteiger partial charge in [0.15, 0.2) is 0 Å². The van der Waals surface area contributed by atoms with Crippen molar-refractivity contribution in [1.82, 2.24) is 24.4 Å². The van der Waals surface area contributed by atoms with Crippen LogP contribution in [0.4, 0.5) is 5.82 Å². The summed E-state index contributed by atoms with van der Waals surface area (Å²) >= 11 is 0. The standard InChI is InChI=1S/C22H32N6/c1-22(2,3)19-8-21(24-15-23-19)28-11-16-9-26(10-17(16)12-28)13-18-14-27-7-5-4-6-20(27)25-18/h8,14-17H,4-7,9-13H2,1-3H3. The summed E-state index contributed by atoms with van der Waals surface area (Å²) in [5.41, 5.74) is 2.45. The summed E-state index contributed by atoms with van der Waals surface area (Å²) in [7, 11) is 0. The number of anilines is 1. The van der Waals surface area contributed by atoms with Gasteiger partial charge in [0.05, 0.1) is 11.4 Å². The SMILES string of the molecule is CC(C)(C)c1cc(N2CC3CN(Cc4cn5c(n4)CCCC5)CC3C2)ncn1. The van der Waals surface area contributed by atoms with Crippen molar-refractivity contribution in [3.05, 3.63) is 35.8 Å². The Morgan fingerprint density at radius 1 is 1.04 bits per heavy atom. The van der Waals surface area contributed by atoms with Gasteiger partial charge >= 0.3 is 0 Å². The summed E-state index contributed by atoms with van der Waals surface area (Å²) in [5, 5.41) is 0. The summed E-state index contributed by atoms with van der Waals surface area (Å²) in [6.45, 7) is 13.4. The van der Waals surface area contributed by atoms with E-state index in [1.165, 1.54) is 37.4 Å². The third kappa shape index (κ3) is 3.43. The van der Waals surface area contributed by atoms with Gasteiger partial charge in [-0.1, -0.05) is 20.8 Å². The maximum Gasteiger partial charge on any atom is 0.132 e. The molecule has 6 heteroatoms. The molecule has 5 heterocycles. The van der Waals surface area contributed by atoms with E-state index in [1.54, 1.807) is 6.33 Å². The predicted molar refractivity (Wildman–Crippen MR) is 110 cm³/mol. The van der Waals surface area contributed by atoms with Crippen LogP contribution in [-0.2, 0) is 24.9 Å². The van der Waals surface area contributed by atoms with Crippen LogP contribution in [0.3, 0.4) is 0 Å². The Hall–Kier alpha value is -1.95. The number of imidazole rings is 1. The molecule has 0 saturated carbocycles. The minimum atomic E-state index is 0.0633. The normalized spacial score (nSPS) is 25.2. The van der Waals surface area contributed by atoms with Crippen LogP contribution in [0, 0.1) is 11.8 Å². The molecule has 0 radical (unpaired) electrons. The number of aromatic nitrogens is 4. The van der Waals surface area contributed by atoms with Crippen molar-refractivity contribution in [2.24, 2.45) is 11.8 Å². The van der Waals surface area contributed by atoms with E-state index in [-0.39, 0.29) is 5.41 Å². The Morgan fingerprint density at radius 2 is 1.82 bits per heavy atom. The van der Waals surface area contributed by atoms with E-state index in [4.69, 9.17) is 4.98 Å². The molecule has 0 bridgehead atoms. The second-order valence-corrected chi connectivity index (χ2v) is 9.93. The van der Waals surface area contributed by atoms with Gasteiger partial charge in [-0.3, -0.25) is 4.90 Å². The molecule has 6 nitrogen and oxygen atoms in total. The van der Waals surface area contributed by atoms with Gasteiger partial charge in [0.2, 0.25) is 0 Å². The Balaban J connectivity index is 1.21. The van der Waals surface area contributed by atoms with Crippen LogP contribution in [0.5, 0.6) is 0 Å². The van der Waals surface area contributed by atoms with Crippen LogP contribution in [0.15, 0.2) is 18.6 Å². The van der Waals surface area contributed by atoms with Gasteiger partial charge in [-0.25, -0.2) is 15.0 Å². The fourth-order valence-corrected chi connectivity index (χ4v) is 5.11. The molecule has 0 N–H and O–H groups in total. The highest BCUT2D eigenvalue weighted by Gasteiger charge is 2.40. The monoisotopic (exact) mass is 380 g/mol. The Labute approximate surface area is 168 Å². The third-order valence-corrected chi connectivity index (χ3v) is 6.65. The maximum atomic E-state index is 4.90. The quantitative estimate of drug-likeness (QED) is 0.819. The molecule has 0 aliphatic carbocycles. The molecule has 2 unspecified atom stereocenters. The number of likely N-dealkylation sites (tertiary alicyclic amines) is 1. The minimum absolute atomic E-state index is 0.0633. The second-order valence-electron chi connectivity index (χ2n) is 9.93. The first-order chi connectivity index (χ1) is 13.5. The van der Waals surface area contributed by atoms with Crippen molar-refractivity contribution < 1.29 is 0 Å². The lowest BCUT2D eigenvalue weighted by Crippen LogP contribution is -2.29. The molecular formula is C22H32N6. The van der Waals surface area contributed by atoms with E-state index in [2.05, 4.69) is 57.4 Å². The molecule has 150 valence electrons. The summed E-state index contributed by atoms with van der Waals surface area (Å²) in [5.74, 6) is 3.88. The van der Waals surface area contributed by atoms with Crippen molar-refractivity contribution in [1.29, 1.82) is 0 Å². The molecule has 0 amide bonds. The van der Waals surface area contributed by atoms with Crippen molar-refractivity contribution in [3.63, 3.8) is 0 Å². The van der Waals surface area contributed by atoms with Crippen molar-refractivity contribution >= 4 is 5.82 Å². The number of rotatable bonds is 3. The first-order valence-electron chi connectivity index (χ1n) is 10.8. The van der Waals surface area contributed by atoms with Crippen LogP contribution in [0.1, 0.15) is 50.8 Å². The second kappa shape index (κ2) is 6.83. The summed E-state index contributed by atoms with van der Waals surface area (Å²) in [6.07, 6.45) is 7.77. The largest absolute Gasteiger partial charge is 0.356 e. The molecule has 0 spiro atoms. The van der Waals surface area contributed by atoms with Crippen LogP contribution in [0.25, 0.3) is 0 Å². The zero-order valence-corrected chi connectivity index (χ0v) is 17.4. The van der Waals surface area contributed by atoms with Crippen molar-refractivity contribution in [3.8, 4) is 0 Å². The van der Waals surface area contributed by atoms with Gasteiger partial charge in [0, 0.05) is 63.4 Å². The molecule has 2 atom stereocenters. The van der Waals surface area contributed by atoms with E-state index >= 15 is 0 Å². The highest BCUT2D eigenvalue weighted by molar-refractivity contribution is 5.42.